The highest BCUT2D eigenvalue weighted by molar-refractivity contribution is 6.35. The Balaban J connectivity index is 1.78. The van der Waals surface area contributed by atoms with E-state index in [9.17, 15) is 14.0 Å². The molecule has 0 radical (unpaired) electrons. The summed E-state index contributed by atoms with van der Waals surface area (Å²) < 4.78 is 12.8. The van der Waals surface area contributed by atoms with Crippen molar-refractivity contribution >= 4 is 11.8 Å². The first-order valence-electron chi connectivity index (χ1n) is 7.41. The third-order valence-corrected chi connectivity index (χ3v) is 3.87. The SMILES string of the molecule is CC1CCCCN1C(=O)C(=O)NCCc1ccc(F)cc1. The van der Waals surface area contributed by atoms with E-state index in [2.05, 4.69) is 5.32 Å². The standard InChI is InChI=1S/C16H21FN2O2/c1-12-4-2-3-11-19(12)16(21)15(20)18-10-9-13-5-7-14(17)8-6-13/h5-8,12H,2-4,9-11H2,1H3,(H,18,20). The molecule has 1 saturated heterocycles. The zero-order valence-corrected chi connectivity index (χ0v) is 12.3. The molecule has 1 fully saturated rings. The molecule has 1 aliphatic heterocycles. The first kappa shape index (κ1) is 15.5. The first-order valence-corrected chi connectivity index (χ1v) is 7.41. The number of hydrogen-bond donors (Lipinski definition) is 1. The van der Waals surface area contributed by atoms with Crippen LogP contribution in [-0.4, -0.2) is 35.8 Å². The van der Waals surface area contributed by atoms with Crippen LogP contribution in [0.1, 0.15) is 31.7 Å². The van der Waals surface area contributed by atoms with Gasteiger partial charge in [-0.25, -0.2) is 4.39 Å². The van der Waals surface area contributed by atoms with Crippen LogP contribution in [0.15, 0.2) is 24.3 Å². The number of nitrogens with zero attached hydrogens (tertiary/aromatic N) is 1. The van der Waals surface area contributed by atoms with Crippen LogP contribution in [0.3, 0.4) is 0 Å². The second-order valence-corrected chi connectivity index (χ2v) is 5.48. The number of carbonyl (C=O) groups excluding carboxylic acids is 2. The van der Waals surface area contributed by atoms with Crippen molar-refractivity contribution in [1.29, 1.82) is 0 Å². The Morgan fingerprint density at radius 1 is 1.29 bits per heavy atom. The lowest BCUT2D eigenvalue weighted by molar-refractivity contribution is -0.148. The van der Waals surface area contributed by atoms with Gasteiger partial charge in [-0.1, -0.05) is 12.1 Å². The van der Waals surface area contributed by atoms with Gasteiger partial charge in [-0.15, -0.1) is 0 Å². The van der Waals surface area contributed by atoms with Crippen LogP contribution in [0.25, 0.3) is 0 Å². The summed E-state index contributed by atoms with van der Waals surface area (Å²) >= 11 is 0. The molecule has 1 aromatic rings. The molecular weight excluding hydrogens is 271 g/mol. The fourth-order valence-corrected chi connectivity index (χ4v) is 2.58. The third-order valence-electron chi connectivity index (χ3n) is 3.87. The molecule has 1 aromatic carbocycles. The molecule has 0 saturated carbocycles. The van der Waals surface area contributed by atoms with Gasteiger partial charge in [0.05, 0.1) is 0 Å². The number of halogens is 1. The van der Waals surface area contributed by atoms with E-state index < -0.39 is 11.8 Å². The lowest BCUT2D eigenvalue weighted by Gasteiger charge is -2.32. The molecule has 0 aliphatic carbocycles. The van der Waals surface area contributed by atoms with Gasteiger partial charge in [0, 0.05) is 19.1 Å². The molecule has 0 bridgehead atoms. The quantitative estimate of drug-likeness (QED) is 0.865. The van der Waals surface area contributed by atoms with E-state index in [1.165, 1.54) is 12.1 Å². The van der Waals surface area contributed by atoms with Crippen molar-refractivity contribution in [2.24, 2.45) is 0 Å². The molecule has 2 amide bonds. The van der Waals surface area contributed by atoms with Crippen molar-refractivity contribution in [3.63, 3.8) is 0 Å². The van der Waals surface area contributed by atoms with E-state index in [1.807, 2.05) is 6.92 Å². The highest BCUT2D eigenvalue weighted by Crippen LogP contribution is 2.16. The normalized spacial score (nSPS) is 18.4. The Bertz CT molecular complexity index is 502. The van der Waals surface area contributed by atoms with Crippen molar-refractivity contribution in [1.82, 2.24) is 10.2 Å². The van der Waals surface area contributed by atoms with E-state index in [0.717, 1.165) is 24.8 Å². The maximum atomic E-state index is 12.8. The summed E-state index contributed by atoms with van der Waals surface area (Å²) in [6, 6.07) is 6.26. The van der Waals surface area contributed by atoms with Crippen LogP contribution in [-0.2, 0) is 16.0 Å². The number of benzene rings is 1. The Morgan fingerprint density at radius 2 is 2.00 bits per heavy atom. The summed E-state index contributed by atoms with van der Waals surface area (Å²) in [7, 11) is 0. The van der Waals surface area contributed by atoms with Gasteiger partial charge in [-0.2, -0.15) is 0 Å². The predicted octanol–water partition coefficient (Wildman–Crippen LogP) is 1.89. The van der Waals surface area contributed by atoms with Gasteiger partial charge < -0.3 is 10.2 Å². The molecule has 1 unspecified atom stereocenters. The lowest BCUT2D eigenvalue weighted by atomic mass is 10.0. The fraction of sp³-hybridized carbons (Fsp3) is 0.500. The van der Waals surface area contributed by atoms with Gasteiger partial charge in [-0.3, -0.25) is 9.59 Å². The van der Waals surface area contributed by atoms with Gasteiger partial charge in [0.1, 0.15) is 5.82 Å². The summed E-state index contributed by atoms with van der Waals surface area (Å²) in [5, 5.41) is 2.64. The van der Waals surface area contributed by atoms with Gasteiger partial charge in [0.15, 0.2) is 0 Å². The number of piperidine rings is 1. The number of likely N-dealkylation sites (tertiary alicyclic amines) is 1. The van der Waals surface area contributed by atoms with Crippen molar-refractivity contribution in [3.8, 4) is 0 Å². The highest BCUT2D eigenvalue weighted by atomic mass is 19.1. The second kappa shape index (κ2) is 7.20. The van der Waals surface area contributed by atoms with Crippen LogP contribution in [0, 0.1) is 5.82 Å². The van der Waals surface area contributed by atoms with Crippen LogP contribution < -0.4 is 5.32 Å². The molecular formula is C16H21FN2O2. The minimum atomic E-state index is -0.550. The Labute approximate surface area is 124 Å². The van der Waals surface area contributed by atoms with E-state index in [4.69, 9.17) is 0 Å². The highest BCUT2D eigenvalue weighted by Gasteiger charge is 2.27. The second-order valence-electron chi connectivity index (χ2n) is 5.48. The summed E-state index contributed by atoms with van der Waals surface area (Å²) in [5.74, 6) is -1.27. The smallest absolute Gasteiger partial charge is 0.312 e. The van der Waals surface area contributed by atoms with Crippen molar-refractivity contribution in [3.05, 3.63) is 35.6 Å². The first-order chi connectivity index (χ1) is 10.1. The molecule has 1 atom stereocenters. The van der Waals surface area contributed by atoms with Gasteiger partial charge >= 0.3 is 11.8 Å². The summed E-state index contributed by atoms with van der Waals surface area (Å²) in [5.41, 5.74) is 0.926. The molecule has 2 rings (SSSR count). The number of nitrogens with one attached hydrogen (secondary N) is 1. The lowest BCUT2D eigenvalue weighted by Crippen LogP contribution is -2.49. The molecule has 1 N–H and O–H groups in total. The van der Waals surface area contributed by atoms with Crippen molar-refractivity contribution in [2.45, 2.75) is 38.6 Å². The van der Waals surface area contributed by atoms with E-state index in [0.29, 0.717) is 19.5 Å². The third kappa shape index (κ3) is 4.28. The van der Waals surface area contributed by atoms with Crippen molar-refractivity contribution in [2.75, 3.05) is 13.1 Å². The fourth-order valence-electron chi connectivity index (χ4n) is 2.58. The van der Waals surface area contributed by atoms with E-state index >= 15 is 0 Å². The van der Waals surface area contributed by atoms with Gasteiger partial charge in [0.2, 0.25) is 0 Å². The average molecular weight is 292 g/mol. The van der Waals surface area contributed by atoms with Crippen LogP contribution in [0.5, 0.6) is 0 Å². The number of hydrogen-bond acceptors (Lipinski definition) is 2. The predicted molar refractivity (Wildman–Crippen MR) is 78.1 cm³/mol. The molecule has 0 spiro atoms. The zero-order chi connectivity index (χ0) is 15.2. The molecule has 5 heteroatoms. The summed E-state index contributed by atoms with van der Waals surface area (Å²) in [6.45, 7) is 3.01. The molecule has 4 nitrogen and oxygen atoms in total. The van der Waals surface area contributed by atoms with Crippen LogP contribution in [0.2, 0.25) is 0 Å². The Kier molecular flexibility index (Phi) is 5.31. The van der Waals surface area contributed by atoms with Crippen LogP contribution >= 0.6 is 0 Å². The molecule has 0 aromatic heterocycles. The minimum Gasteiger partial charge on any atom is -0.347 e. The Morgan fingerprint density at radius 3 is 2.67 bits per heavy atom. The number of carbonyl (C=O) groups is 2. The van der Waals surface area contributed by atoms with Crippen molar-refractivity contribution < 1.29 is 14.0 Å². The van der Waals surface area contributed by atoms with Crippen LogP contribution in [0.4, 0.5) is 4.39 Å². The maximum absolute atomic E-state index is 12.8. The molecule has 1 heterocycles. The zero-order valence-electron chi connectivity index (χ0n) is 12.3. The average Bonchev–Trinajstić information content (AvgIpc) is 2.49. The Hall–Kier alpha value is -1.91. The largest absolute Gasteiger partial charge is 0.347 e. The summed E-state index contributed by atoms with van der Waals surface area (Å²) in [6.07, 6.45) is 3.60. The minimum absolute atomic E-state index is 0.133. The maximum Gasteiger partial charge on any atom is 0.312 e. The topological polar surface area (TPSA) is 49.4 Å². The molecule has 21 heavy (non-hydrogen) atoms. The van der Waals surface area contributed by atoms with E-state index in [-0.39, 0.29) is 11.9 Å². The van der Waals surface area contributed by atoms with E-state index in [1.54, 1.807) is 17.0 Å². The van der Waals surface area contributed by atoms with Gasteiger partial charge in [-0.05, 0) is 50.3 Å². The number of rotatable bonds is 3. The monoisotopic (exact) mass is 292 g/mol. The summed E-state index contributed by atoms with van der Waals surface area (Å²) in [4.78, 5) is 25.6. The number of amides is 2. The molecule has 1 aliphatic rings. The van der Waals surface area contributed by atoms with Gasteiger partial charge in [0.25, 0.3) is 0 Å². The molecule has 114 valence electrons.